The number of hydrogen-bond acceptors (Lipinski definition) is 4. The molecule has 0 bridgehead atoms. The molecule has 0 aromatic heterocycles. The minimum absolute atomic E-state index is 0.0373. The molecule has 0 amide bonds. The van der Waals surface area contributed by atoms with Gasteiger partial charge in [0, 0.05) is 0 Å². The zero-order valence-corrected chi connectivity index (χ0v) is 12.0. The zero-order chi connectivity index (χ0) is 14.6. The summed E-state index contributed by atoms with van der Waals surface area (Å²) < 4.78 is 42.1. The van der Waals surface area contributed by atoms with E-state index in [0.29, 0.717) is 0 Å². The van der Waals surface area contributed by atoms with E-state index in [-0.39, 0.29) is 16.5 Å². The molecule has 0 heterocycles. The van der Waals surface area contributed by atoms with E-state index in [9.17, 15) is 17.6 Å². The number of carbonyl (C=O) groups is 1. The topological polar surface area (TPSA) is 63.7 Å². The van der Waals surface area contributed by atoms with Crippen LogP contribution in [-0.2, 0) is 19.6 Å². The Bertz CT molecular complexity index is 576. The van der Waals surface area contributed by atoms with Gasteiger partial charge in [0.25, 0.3) is 0 Å². The Morgan fingerprint density at radius 2 is 2.11 bits per heavy atom. The number of halogens is 2. The fourth-order valence-electron chi connectivity index (χ4n) is 1.35. The molecule has 0 aliphatic heterocycles. The molecule has 1 rings (SSSR count). The Labute approximate surface area is 116 Å². The van der Waals surface area contributed by atoms with E-state index in [1.54, 1.807) is 0 Å². The number of rotatable bonds is 5. The number of benzene rings is 1. The first kappa shape index (κ1) is 15.7. The van der Waals surface area contributed by atoms with Crippen molar-refractivity contribution in [3.8, 4) is 0 Å². The lowest BCUT2D eigenvalue weighted by Crippen LogP contribution is -2.37. The molecule has 19 heavy (non-hydrogen) atoms. The Morgan fingerprint density at radius 3 is 2.58 bits per heavy atom. The molecule has 8 heteroatoms. The molecule has 106 valence electrons. The molecule has 0 spiro atoms. The quantitative estimate of drug-likeness (QED) is 0.778. The predicted octanol–water partition coefficient (Wildman–Crippen LogP) is 1.81. The van der Waals surface area contributed by atoms with Gasteiger partial charge in [0.1, 0.15) is 12.4 Å². The van der Waals surface area contributed by atoms with Crippen molar-refractivity contribution in [2.24, 2.45) is 0 Å². The lowest BCUT2D eigenvalue weighted by Gasteiger charge is -2.23. The molecule has 1 aromatic rings. The second-order valence-corrected chi connectivity index (χ2v) is 6.17. The smallest absolute Gasteiger partial charge is 0.326 e. The molecular weight excluding hydrogens is 297 g/mol. The van der Waals surface area contributed by atoms with E-state index in [0.717, 1.165) is 23.5 Å². The van der Waals surface area contributed by atoms with Gasteiger partial charge in [-0.05, 0) is 25.1 Å². The summed E-state index contributed by atoms with van der Waals surface area (Å²) in [5, 5.41) is -0.0964. The van der Waals surface area contributed by atoms with Crippen LogP contribution in [0.2, 0.25) is 5.02 Å². The van der Waals surface area contributed by atoms with Crippen LogP contribution in [0.5, 0.6) is 0 Å². The number of carbonyl (C=O) groups excluding carboxylic acids is 1. The summed E-state index contributed by atoms with van der Waals surface area (Å²) in [6.45, 7) is 0.912. The fourth-order valence-corrected chi connectivity index (χ4v) is 2.75. The molecule has 0 saturated carbocycles. The van der Waals surface area contributed by atoms with E-state index in [1.807, 2.05) is 0 Å². The minimum atomic E-state index is -3.73. The van der Waals surface area contributed by atoms with Gasteiger partial charge in [-0.15, -0.1) is 0 Å². The van der Waals surface area contributed by atoms with Gasteiger partial charge in [0.2, 0.25) is 10.0 Å². The number of anilines is 1. The van der Waals surface area contributed by atoms with Crippen LogP contribution in [0, 0.1) is 5.82 Å². The van der Waals surface area contributed by atoms with Gasteiger partial charge in [-0.25, -0.2) is 12.8 Å². The lowest BCUT2D eigenvalue weighted by atomic mass is 10.3. The summed E-state index contributed by atoms with van der Waals surface area (Å²) in [4.78, 5) is 11.3. The minimum Gasteiger partial charge on any atom is -0.468 e. The number of esters is 1. The summed E-state index contributed by atoms with van der Waals surface area (Å²) in [6.07, 6.45) is 0. The molecule has 0 atom stereocenters. The Kier molecular flexibility index (Phi) is 5.13. The molecule has 0 radical (unpaired) electrons. The van der Waals surface area contributed by atoms with Crippen molar-refractivity contribution in [1.29, 1.82) is 0 Å². The largest absolute Gasteiger partial charge is 0.468 e. The van der Waals surface area contributed by atoms with Gasteiger partial charge in [-0.1, -0.05) is 11.6 Å². The summed E-state index contributed by atoms with van der Waals surface area (Å²) in [6, 6.07) is 3.25. The van der Waals surface area contributed by atoms with Crippen molar-refractivity contribution in [2.75, 3.05) is 23.7 Å². The van der Waals surface area contributed by atoms with Crippen LogP contribution in [0.4, 0.5) is 10.1 Å². The number of hydrogen-bond donors (Lipinski definition) is 0. The van der Waals surface area contributed by atoms with Crippen molar-refractivity contribution < 1.29 is 22.3 Å². The standard InChI is InChI=1S/C11H13ClFNO4S/c1-3-19(16,17)14(7-11(15)18-2)10-5-4-8(13)6-9(10)12/h4-6H,3,7H2,1-2H3. The summed E-state index contributed by atoms with van der Waals surface area (Å²) in [5.74, 6) is -1.56. The summed E-state index contributed by atoms with van der Waals surface area (Å²) in [5.41, 5.74) is 0.0373. The molecular formula is C11H13ClFNO4S. The van der Waals surface area contributed by atoms with Gasteiger partial charge in [0.15, 0.2) is 0 Å². The average molecular weight is 310 g/mol. The normalized spacial score (nSPS) is 11.2. The number of nitrogens with zero attached hydrogens (tertiary/aromatic N) is 1. The Morgan fingerprint density at radius 1 is 1.47 bits per heavy atom. The maximum atomic E-state index is 13.0. The van der Waals surface area contributed by atoms with Crippen LogP contribution in [-0.4, -0.2) is 33.8 Å². The summed E-state index contributed by atoms with van der Waals surface area (Å²) >= 11 is 5.82. The van der Waals surface area contributed by atoms with Gasteiger partial charge >= 0.3 is 5.97 Å². The SMILES string of the molecule is CCS(=O)(=O)N(CC(=O)OC)c1ccc(F)cc1Cl. The first-order valence-corrected chi connectivity index (χ1v) is 7.32. The van der Waals surface area contributed by atoms with E-state index < -0.39 is 28.4 Å². The van der Waals surface area contributed by atoms with Crippen LogP contribution in [0.25, 0.3) is 0 Å². The molecule has 0 unspecified atom stereocenters. The molecule has 0 N–H and O–H groups in total. The van der Waals surface area contributed by atoms with Crippen LogP contribution in [0.15, 0.2) is 18.2 Å². The van der Waals surface area contributed by atoms with Gasteiger partial charge in [-0.2, -0.15) is 0 Å². The predicted molar refractivity (Wildman–Crippen MR) is 70.2 cm³/mol. The maximum Gasteiger partial charge on any atom is 0.326 e. The third-order valence-electron chi connectivity index (χ3n) is 2.38. The third-order valence-corrected chi connectivity index (χ3v) is 4.41. The van der Waals surface area contributed by atoms with E-state index >= 15 is 0 Å². The number of ether oxygens (including phenoxy) is 1. The van der Waals surface area contributed by atoms with Crippen molar-refractivity contribution in [3.63, 3.8) is 0 Å². The van der Waals surface area contributed by atoms with E-state index in [4.69, 9.17) is 11.6 Å². The number of methoxy groups -OCH3 is 1. The van der Waals surface area contributed by atoms with E-state index in [1.165, 1.54) is 13.0 Å². The Hall–Kier alpha value is -1.34. The summed E-state index contributed by atoms with van der Waals surface area (Å²) in [7, 11) is -2.58. The van der Waals surface area contributed by atoms with Crippen LogP contribution in [0.3, 0.4) is 0 Å². The second kappa shape index (κ2) is 6.21. The highest BCUT2D eigenvalue weighted by atomic mass is 35.5. The van der Waals surface area contributed by atoms with E-state index in [2.05, 4.69) is 4.74 Å². The average Bonchev–Trinajstić information content (AvgIpc) is 2.36. The first-order valence-electron chi connectivity index (χ1n) is 5.34. The Balaban J connectivity index is 3.27. The van der Waals surface area contributed by atoms with Crippen molar-refractivity contribution >= 4 is 33.3 Å². The molecule has 0 aliphatic rings. The molecule has 0 saturated heterocycles. The molecule has 0 fully saturated rings. The van der Waals surface area contributed by atoms with Crippen LogP contribution < -0.4 is 4.31 Å². The lowest BCUT2D eigenvalue weighted by molar-refractivity contribution is -0.138. The monoisotopic (exact) mass is 309 g/mol. The third kappa shape index (κ3) is 3.81. The highest BCUT2D eigenvalue weighted by Crippen LogP contribution is 2.28. The van der Waals surface area contributed by atoms with Crippen LogP contribution in [0.1, 0.15) is 6.92 Å². The molecule has 5 nitrogen and oxygen atoms in total. The second-order valence-electron chi connectivity index (χ2n) is 3.58. The number of sulfonamides is 1. The first-order chi connectivity index (χ1) is 8.81. The maximum absolute atomic E-state index is 13.0. The fraction of sp³-hybridized carbons (Fsp3) is 0.364. The molecule has 0 aliphatic carbocycles. The van der Waals surface area contributed by atoms with Gasteiger partial charge in [-0.3, -0.25) is 9.10 Å². The van der Waals surface area contributed by atoms with Crippen molar-refractivity contribution in [2.45, 2.75) is 6.92 Å². The zero-order valence-electron chi connectivity index (χ0n) is 10.4. The van der Waals surface area contributed by atoms with Gasteiger partial charge < -0.3 is 4.74 Å². The highest BCUT2D eigenvalue weighted by molar-refractivity contribution is 7.92. The van der Waals surface area contributed by atoms with Crippen molar-refractivity contribution in [3.05, 3.63) is 29.0 Å². The van der Waals surface area contributed by atoms with Gasteiger partial charge in [0.05, 0.1) is 23.6 Å². The van der Waals surface area contributed by atoms with Crippen molar-refractivity contribution in [1.82, 2.24) is 0 Å². The van der Waals surface area contributed by atoms with Crippen LogP contribution >= 0.6 is 11.6 Å². The highest BCUT2D eigenvalue weighted by Gasteiger charge is 2.25. The molecule has 1 aromatic carbocycles.